The summed E-state index contributed by atoms with van der Waals surface area (Å²) < 4.78 is 10.6. The van der Waals surface area contributed by atoms with Crippen LogP contribution in [0.15, 0.2) is 48.5 Å². The highest BCUT2D eigenvalue weighted by molar-refractivity contribution is 5.62. The van der Waals surface area contributed by atoms with E-state index in [9.17, 15) is 0 Å². The summed E-state index contributed by atoms with van der Waals surface area (Å²) in [5.74, 6) is 2.55. The summed E-state index contributed by atoms with van der Waals surface area (Å²) in [5, 5.41) is 6.51. The van der Waals surface area contributed by atoms with Crippen molar-refractivity contribution in [2.75, 3.05) is 24.9 Å². The van der Waals surface area contributed by atoms with Gasteiger partial charge in [-0.2, -0.15) is 4.98 Å². The van der Waals surface area contributed by atoms with Gasteiger partial charge in [-0.05, 0) is 38.1 Å². The van der Waals surface area contributed by atoms with E-state index in [-0.39, 0.29) is 0 Å². The summed E-state index contributed by atoms with van der Waals surface area (Å²) in [6, 6.07) is 15.6. The Kier molecular flexibility index (Phi) is 5.22. The van der Waals surface area contributed by atoms with Crippen LogP contribution in [0, 0.1) is 13.8 Å². The molecule has 0 atom stereocenters. The van der Waals surface area contributed by atoms with Crippen molar-refractivity contribution in [3.8, 4) is 11.5 Å². The smallest absolute Gasteiger partial charge is 0.229 e. The lowest BCUT2D eigenvalue weighted by molar-refractivity contribution is 0.355. The molecule has 0 spiro atoms. The van der Waals surface area contributed by atoms with Gasteiger partial charge in [0.25, 0.3) is 0 Å². The van der Waals surface area contributed by atoms with Gasteiger partial charge in [0.15, 0.2) is 11.5 Å². The molecule has 2 N–H and O–H groups in total. The molecule has 0 bridgehead atoms. The average molecular weight is 350 g/mol. The molecule has 3 aromatic rings. The molecule has 1 aromatic heterocycles. The van der Waals surface area contributed by atoms with Crippen LogP contribution in [-0.4, -0.2) is 24.2 Å². The van der Waals surface area contributed by atoms with Crippen LogP contribution < -0.4 is 20.1 Å². The normalized spacial score (nSPS) is 10.3. The maximum absolute atomic E-state index is 5.33. The quantitative estimate of drug-likeness (QED) is 0.677. The van der Waals surface area contributed by atoms with Gasteiger partial charge in [-0.1, -0.05) is 17.7 Å². The Balaban J connectivity index is 1.82. The highest BCUT2D eigenvalue weighted by Crippen LogP contribution is 2.30. The van der Waals surface area contributed by atoms with E-state index in [4.69, 9.17) is 9.47 Å². The number of nitrogens with zero attached hydrogens (tertiary/aromatic N) is 2. The Morgan fingerprint density at radius 3 is 2.12 bits per heavy atom. The number of hydrogen-bond acceptors (Lipinski definition) is 6. The molecule has 0 aliphatic rings. The van der Waals surface area contributed by atoms with E-state index in [0.717, 1.165) is 22.9 Å². The predicted octanol–water partition coefficient (Wildman–Crippen LogP) is 4.60. The molecular formula is C20H22N4O2. The van der Waals surface area contributed by atoms with Crippen molar-refractivity contribution in [1.82, 2.24) is 9.97 Å². The van der Waals surface area contributed by atoms with E-state index in [1.54, 1.807) is 14.2 Å². The maximum Gasteiger partial charge on any atom is 0.229 e. The van der Waals surface area contributed by atoms with E-state index >= 15 is 0 Å². The van der Waals surface area contributed by atoms with Gasteiger partial charge in [-0.3, -0.25) is 0 Å². The van der Waals surface area contributed by atoms with Gasteiger partial charge in [-0.15, -0.1) is 0 Å². The number of hydrogen-bond donors (Lipinski definition) is 2. The number of methoxy groups -OCH3 is 2. The molecule has 6 heteroatoms. The Bertz CT molecular complexity index is 895. The molecule has 0 aliphatic heterocycles. The Hall–Kier alpha value is -3.28. The maximum atomic E-state index is 5.33. The summed E-state index contributed by atoms with van der Waals surface area (Å²) in [6.45, 7) is 3.99. The number of rotatable bonds is 6. The largest absolute Gasteiger partial charge is 0.493 e. The summed E-state index contributed by atoms with van der Waals surface area (Å²) in [5.41, 5.74) is 3.86. The van der Waals surface area contributed by atoms with Crippen molar-refractivity contribution in [2.24, 2.45) is 0 Å². The van der Waals surface area contributed by atoms with Gasteiger partial charge in [0.2, 0.25) is 5.95 Å². The summed E-state index contributed by atoms with van der Waals surface area (Å²) >= 11 is 0. The molecule has 134 valence electrons. The van der Waals surface area contributed by atoms with E-state index < -0.39 is 0 Å². The topological polar surface area (TPSA) is 68.3 Å². The lowest BCUT2D eigenvalue weighted by Crippen LogP contribution is -2.02. The van der Waals surface area contributed by atoms with Crippen molar-refractivity contribution in [3.05, 3.63) is 59.8 Å². The first-order valence-corrected chi connectivity index (χ1v) is 8.26. The fourth-order valence-electron chi connectivity index (χ4n) is 2.52. The molecule has 6 nitrogen and oxygen atoms in total. The molecular weight excluding hydrogens is 328 g/mol. The predicted molar refractivity (Wildman–Crippen MR) is 104 cm³/mol. The molecule has 0 aliphatic carbocycles. The fraction of sp³-hybridized carbons (Fsp3) is 0.200. The summed E-state index contributed by atoms with van der Waals surface area (Å²) in [4.78, 5) is 8.99. The molecule has 0 radical (unpaired) electrons. The highest BCUT2D eigenvalue weighted by atomic mass is 16.5. The minimum Gasteiger partial charge on any atom is -0.493 e. The first-order chi connectivity index (χ1) is 12.6. The Morgan fingerprint density at radius 1 is 0.731 bits per heavy atom. The van der Waals surface area contributed by atoms with E-state index in [1.165, 1.54) is 5.56 Å². The molecule has 26 heavy (non-hydrogen) atoms. The van der Waals surface area contributed by atoms with Crippen LogP contribution in [-0.2, 0) is 0 Å². The summed E-state index contributed by atoms with van der Waals surface area (Å²) in [7, 11) is 3.21. The van der Waals surface area contributed by atoms with Crippen LogP contribution in [0.3, 0.4) is 0 Å². The van der Waals surface area contributed by atoms with Gasteiger partial charge in [0.1, 0.15) is 5.82 Å². The number of nitrogens with one attached hydrogen (secondary N) is 2. The van der Waals surface area contributed by atoms with Gasteiger partial charge >= 0.3 is 0 Å². The van der Waals surface area contributed by atoms with Crippen molar-refractivity contribution < 1.29 is 9.47 Å². The molecule has 0 saturated carbocycles. The Labute approximate surface area is 153 Å². The summed E-state index contributed by atoms with van der Waals surface area (Å²) in [6.07, 6.45) is 0. The zero-order chi connectivity index (χ0) is 18.5. The van der Waals surface area contributed by atoms with Crippen molar-refractivity contribution in [2.45, 2.75) is 13.8 Å². The molecule has 0 fully saturated rings. The fourth-order valence-corrected chi connectivity index (χ4v) is 2.52. The van der Waals surface area contributed by atoms with Crippen LogP contribution in [0.5, 0.6) is 11.5 Å². The van der Waals surface area contributed by atoms with Crippen molar-refractivity contribution >= 4 is 23.1 Å². The van der Waals surface area contributed by atoms with Crippen LogP contribution in [0.25, 0.3) is 0 Å². The van der Waals surface area contributed by atoms with Crippen LogP contribution in [0.4, 0.5) is 23.1 Å². The molecule has 1 heterocycles. The zero-order valence-corrected chi connectivity index (χ0v) is 15.3. The molecule has 0 unspecified atom stereocenters. The second-order valence-electron chi connectivity index (χ2n) is 5.90. The number of anilines is 4. The van der Waals surface area contributed by atoms with Gasteiger partial charge in [-0.25, -0.2) is 4.98 Å². The average Bonchev–Trinajstić information content (AvgIpc) is 2.63. The monoisotopic (exact) mass is 350 g/mol. The van der Waals surface area contributed by atoms with Crippen molar-refractivity contribution in [3.63, 3.8) is 0 Å². The molecule has 3 rings (SSSR count). The van der Waals surface area contributed by atoms with Gasteiger partial charge in [0.05, 0.1) is 14.2 Å². The van der Waals surface area contributed by atoms with Crippen LogP contribution in [0.1, 0.15) is 11.3 Å². The third kappa shape index (κ3) is 4.22. The third-order valence-electron chi connectivity index (χ3n) is 3.82. The lowest BCUT2D eigenvalue weighted by Gasteiger charge is -2.12. The first kappa shape index (κ1) is 17.5. The van der Waals surface area contributed by atoms with Gasteiger partial charge in [0, 0.05) is 29.2 Å². The van der Waals surface area contributed by atoms with Gasteiger partial charge < -0.3 is 20.1 Å². The van der Waals surface area contributed by atoms with Crippen LogP contribution in [0.2, 0.25) is 0 Å². The first-order valence-electron chi connectivity index (χ1n) is 8.26. The third-order valence-corrected chi connectivity index (χ3v) is 3.82. The van der Waals surface area contributed by atoms with E-state index in [2.05, 4.69) is 39.7 Å². The van der Waals surface area contributed by atoms with E-state index in [0.29, 0.717) is 17.4 Å². The standard InChI is InChI=1S/C20H22N4O2/c1-13-5-7-15(8-6-13)22-19-11-14(2)21-20(24-19)23-16-9-10-17(25-3)18(12-16)26-4/h5-12H,1-4H3,(H2,21,22,23,24). The SMILES string of the molecule is COc1ccc(Nc2nc(C)cc(Nc3ccc(C)cc3)n2)cc1OC. The minimum atomic E-state index is 0.506. The zero-order valence-electron chi connectivity index (χ0n) is 15.3. The number of aromatic nitrogens is 2. The number of benzene rings is 2. The van der Waals surface area contributed by atoms with Crippen LogP contribution >= 0.6 is 0 Å². The second-order valence-corrected chi connectivity index (χ2v) is 5.90. The molecule has 0 saturated heterocycles. The number of aryl methyl sites for hydroxylation is 2. The second kappa shape index (κ2) is 7.74. The lowest BCUT2D eigenvalue weighted by atomic mass is 10.2. The Morgan fingerprint density at radius 2 is 1.42 bits per heavy atom. The van der Waals surface area contributed by atoms with Crippen molar-refractivity contribution in [1.29, 1.82) is 0 Å². The molecule has 0 amide bonds. The minimum absolute atomic E-state index is 0.506. The molecule has 2 aromatic carbocycles. The van der Waals surface area contributed by atoms with E-state index in [1.807, 2.05) is 43.3 Å². The highest BCUT2D eigenvalue weighted by Gasteiger charge is 2.07. The number of ether oxygens (including phenoxy) is 2.